The minimum Gasteiger partial charge on any atom is -0.371 e. The highest BCUT2D eigenvalue weighted by Crippen LogP contribution is 2.66. The van der Waals surface area contributed by atoms with E-state index in [2.05, 4.69) is 40.4 Å². The molecule has 4 saturated heterocycles. The van der Waals surface area contributed by atoms with Crippen molar-refractivity contribution in [3.8, 4) is 0 Å². The fraction of sp³-hybridized carbons (Fsp3) is 0.571. The molecule has 4 atom stereocenters. The Hall–Kier alpha value is -1.89. The van der Waals surface area contributed by atoms with Crippen LogP contribution in [-0.2, 0) is 9.59 Å². The summed E-state index contributed by atoms with van der Waals surface area (Å²) in [4.78, 5) is 42.3. The summed E-state index contributed by atoms with van der Waals surface area (Å²) in [5.74, 6) is -0.0635. The van der Waals surface area contributed by atoms with Gasteiger partial charge in [0.1, 0.15) is 16.6 Å². The summed E-state index contributed by atoms with van der Waals surface area (Å²) in [5.41, 5.74) is -1.62. The molecule has 1 aromatic rings. The number of hydrogen-bond donors (Lipinski definition) is 2. The number of fused-ring (bicyclic) bond motifs is 2. The molecule has 28 heavy (non-hydrogen) atoms. The lowest BCUT2D eigenvalue weighted by Gasteiger charge is -2.58. The lowest BCUT2D eigenvalue weighted by molar-refractivity contribution is -0.175. The maximum atomic E-state index is 13.7. The zero-order valence-corrected chi connectivity index (χ0v) is 17.5. The molecule has 3 spiro atoms. The third-order valence-corrected chi connectivity index (χ3v) is 8.98. The van der Waals surface area contributed by atoms with Crippen LogP contribution in [0.1, 0.15) is 49.9 Å². The van der Waals surface area contributed by atoms with Gasteiger partial charge in [0.15, 0.2) is 5.78 Å². The number of anilines is 1. The zero-order valence-electron chi connectivity index (χ0n) is 15.9. The first-order chi connectivity index (χ1) is 13.2. The van der Waals surface area contributed by atoms with E-state index in [-0.39, 0.29) is 23.5 Å². The Labute approximate surface area is 171 Å². The van der Waals surface area contributed by atoms with E-state index in [0.717, 1.165) is 23.0 Å². The van der Waals surface area contributed by atoms with E-state index in [1.807, 2.05) is 23.1 Å². The highest BCUT2D eigenvalue weighted by Gasteiger charge is 2.80. The van der Waals surface area contributed by atoms with Gasteiger partial charge in [-0.2, -0.15) is 0 Å². The molecule has 7 heteroatoms. The van der Waals surface area contributed by atoms with Crippen molar-refractivity contribution in [1.82, 2.24) is 10.2 Å². The summed E-state index contributed by atoms with van der Waals surface area (Å²) in [6.45, 7) is 4.82. The number of nitrogens with zero attached hydrogens (tertiary/aromatic N) is 1. The van der Waals surface area contributed by atoms with Crippen molar-refractivity contribution in [2.45, 2.75) is 56.1 Å². The van der Waals surface area contributed by atoms with Crippen LogP contribution in [0.3, 0.4) is 0 Å². The van der Waals surface area contributed by atoms with Gasteiger partial charge < -0.3 is 15.5 Å². The van der Waals surface area contributed by atoms with Gasteiger partial charge in [0.25, 0.3) is 0 Å². The van der Waals surface area contributed by atoms with E-state index in [9.17, 15) is 14.4 Å². The largest absolute Gasteiger partial charge is 0.371 e. The minimum absolute atomic E-state index is 0.0116. The molecule has 7 rings (SSSR count). The van der Waals surface area contributed by atoms with Gasteiger partial charge in [-0.15, -0.1) is 0 Å². The van der Waals surface area contributed by atoms with Gasteiger partial charge in [0.05, 0.1) is 0 Å². The van der Waals surface area contributed by atoms with Crippen LogP contribution in [0, 0.1) is 11.3 Å². The Balaban J connectivity index is 1.54. The van der Waals surface area contributed by atoms with Crippen LogP contribution >= 0.6 is 15.9 Å². The number of benzene rings is 1. The van der Waals surface area contributed by atoms with E-state index < -0.39 is 22.0 Å². The predicted molar refractivity (Wildman–Crippen MR) is 106 cm³/mol. The predicted octanol–water partition coefficient (Wildman–Crippen LogP) is 2.48. The van der Waals surface area contributed by atoms with Crippen LogP contribution in [0.5, 0.6) is 0 Å². The maximum absolute atomic E-state index is 13.7. The van der Waals surface area contributed by atoms with Crippen LogP contribution in [0.4, 0.5) is 5.69 Å². The molecule has 5 fully saturated rings. The third-order valence-electron chi connectivity index (χ3n) is 8.49. The standard InChI is InChI=1S/C21H22BrN3O3/c1-18(2)14-9-19-6-3-7-25(19)17(28)20(14,24-16(19)27)10-21(18)15(26)12-8-11(22)4-5-13(12)23-21/h4-5,8,14,23H,3,6-7,9-10H2,1-2H3,(H,24,27)/t14-,19+,20+,21-/m0/s1. The SMILES string of the molecule is CC1(C)[C@@H]2C[C@@]34CCCN3C(=O)[C@]2(C[C@@]12Nc1ccc(Br)cc1C2=O)NC4=O. The molecular formula is C21H22BrN3O3. The highest BCUT2D eigenvalue weighted by atomic mass is 79.9. The first-order valence-corrected chi connectivity index (χ1v) is 10.7. The summed E-state index contributed by atoms with van der Waals surface area (Å²) in [5, 5.41) is 6.65. The van der Waals surface area contributed by atoms with E-state index in [1.165, 1.54) is 0 Å². The van der Waals surface area contributed by atoms with E-state index in [1.54, 1.807) is 0 Å². The first-order valence-electron chi connectivity index (χ1n) is 9.95. The molecule has 1 aliphatic carbocycles. The average Bonchev–Trinajstić information content (AvgIpc) is 3.24. The summed E-state index contributed by atoms with van der Waals surface area (Å²) in [6, 6.07) is 5.68. The summed E-state index contributed by atoms with van der Waals surface area (Å²) in [7, 11) is 0. The molecule has 2 amide bonds. The number of rotatable bonds is 0. The van der Waals surface area contributed by atoms with Crippen LogP contribution in [0.2, 0.25) is 0 Å². The molecule has 0 unspecified atom stereocenters. The Morgan fingerprint density at radius 3 is 2.75 bits per heavy atom. The van der Waals surface area contributed by atoms with Gasteiger partial charge in [0.2, 0.25) is 11.8 Å². The molecular weight excluding hydrogens is 422 g/mol. The fourth-order valence-electron chi connectivity index (χ4n) is 7.04. The van der Waals surface area contributed by atoms with Gasteiger partial charge in [-0.25, -0.2) is 0 Å². The molecule has 2 N–H and O–H groups in total. The van der Waals surface area contributed by atoms with Crippen molar-refractivity contribution in [1.29, 1.82) is 0 Å². The number of amides is 2. The maximum Gasteiger partial charge on any atom is 0.249 e. The summed E-state index contributed by atoms with van der Waals surface area (Å²) >= 11 is 3.46. The number of piperidine rings is 2. The second-order valence-corrected chi connectivity index (χ2v) is 10.6. The molecule has 5 aliphatic heterocycles. The van der Waals surface area contributed by atoms with Crippen molar-refractivity contribution < 1.29 is 14.4 Å². The highest BCUT2D eigenvalue weighted by molar-refractivity contribution is 9.10. The van der Waals surface area contributed by atoms with Gasteiger partial charge in [-0.3, -0.25) is 14.4 Å². The number of carbonyl (C=O) groups is 3. The number of Topliss-reactive ketones (excluding diaryl/α,β-unsaturated/α-hetero) is 1. The van der Waals surface area contributed by atoms with Crippen molar-refractivity contribution in [2.24, 2.45) is 11.3 Å². The van der Waals surface area contributed by atoms with E-state index >= 15 is 0 Å². The topological polar surface area (TPSA) is 78.5 Å². The Morgan fingerprint density at radius 1 is 1.18 bits per heavy atom. The van der Waals surface area contributed by atoms with Crippen molar-refractivity contribution in [3.63, 3.8) is 0 Å². The van der Waals surface area contributed by atoms with Crippen LogP contribution in [-0.4, -0.2) is 45.7 Å². The fourth-order valence-corrected chi connectivity index (χ4v) is 7.40. The molecule has 0 radical (unpaired) electrons. The number of piperazine rings is 1. The lowest BCUT2D eigenvalue weighted by Crippen LogP contribution is -2.81. The van der Waals surface area contributed by atoms with Gasteiger partial charge in [0, 0.05) is 40.0 Å². The second-order valence-electron chi connectivity index (χ2n) is 9.72. The normalized spacial score (nSPS) is 41.8. The molecule has 1 aromatic carbocycles. The van der Waals surface area contributed by atoms with Crippen molar-refractivity contribution >= 4 is 39.2 Å². The Morgan fingerprint density at radius 2 is 1.96 bits per heavy atom. The number of ketones is 1. The monoisotopic (exact) mass is 443 g/mol. The minimum atomic E-state index is -0.991. The second kappa shape index (κ2) is 4.64. The molecule has 2 bridgehead atoms. The molecule has 1 saturated carbocycles. The van der Waals surface area contributed by atoms with E-state index in [0.29, 0.717) is 24.9 Å². The number of halogens is 1. The number of nitrogens with one attached hydrogen (secondary N) is 2. The van der Waals surface area contributed by atoms with Crippen LogP contribution in [0.15, 0.2) is 22.7 Å². The Kier molecular flexibility index (Phi) is 2.82. The quantitative estimate of drug-likeness (QED) is 0.645. The van der Waals surface area contributed by atoms with Gasteiger partial charge >= 0.3 is 0 Å². The Bertz CT molecular complexity index is 1010. The van der Waals surface area contributed by atoms with Crippen molar-refractivity contribution in [2.75, 3.05) is 11.9 Å². The molecule has 6 aliphatic rings. The first kappa shape index (κ1) is 17.0. The summed E-state index contributed by atoms with van der Waals surface area (Å²) < 4.78 is 0.856. The average molecular weight is 444 g/mol. The number of hydrogen-bond acceptors (Lipinski definition) is 4. The van der Waals surface area contributed by atoms with Crippen molar-refractivity contribution in [3.05, 3.63) is 28.2 Å². The van der Waals surface area contributed by atoms with E-state index in [4.69, 9.17) is 0 Å². The molecule has 6 nitrogen and oxygen atoms in total. The summed E-state index contributed by atoms with van der Waals surface area (Å²) in [6.07, 6.45) is 2.53. The van der Waals surface area contributed by atoms with Crippen LogP contribution in [0.25, 0.3) is 0 Å². The molecule has 0 aromatic heterocycles. The molecule has 5 heterocycles. The van der Waals surface area contributed by atoms with Crippen LogP contribution < -0.4 is 10.6 Å². The number of carbonyl (C=O) groups excluding carboxylic acids is 3. The lowest BCUT2D eigenvalue weighted by atomic mass is 9.59. The van der Waals surface area contributed by atoms with Gasteiger partial charge in [-0.1, -0.05) is 29.8 Å². The third kappa shape index (κ3) is 1.52. The smallest absolute Gasteiger partial charge is 0.249 e. The molecule has 146 valence electrons. The van der Waals surface area contributed by atoms with Gasteiger partial charge in [-0.05, 0) is 37.5 Å². The zero-order chi connectivity index (χ0) is 19.7.